The first-order chi connectivity index (χ1) is 13.4. The molecule has 0 aliphatic rings. The molecule has 0 heterocycles. The summed E-state index contributed by atoms with van der Waals surface area (Å²) in [6.45, 7) is 1.87. The van der Waals surface area contributed by atoms with Crippen LogP contribution in [0.25, 0.3) is 0 Å². The average molecular weight is 404 g/mol. The Morgan fingerprint density at radius 1 is 1.07 bits per heavy atom. The molecule has 2 aromatic rings. The van der Waals surface area contributed by atoms with Crippen molar-refractivity contribution in [3.63, 3.8) is 0 Å². The lowest BCUT2D eigenvalue weighted by atomic mass is 10.2. The summed E-state index contributed by atoms with van der Waals surface area (Å²) in [7, 11) is 3.09. The van der Waals surface area contributed by atoms with E-state index in [0.29, 0.717) is 27.8 Å². The van der Waals surface area contributed by atoms with E-state index in [0.717, 1.165) is 5.56 Å². The molecule has 0 unspecified atom stereocenters. The van der Waals surface area contributed by atoms with Crippen molar-refractivity contribution < 1.29 is 19.1 Å². The molecule has 148 valence electrons. The van der Waals surface area contributed by atoms with Crippen LogP contribution in [-0.4, -0.2) is 32.2 Å². The topological polar surface area (TPSA) is 89.0 Å². The molecular weight excluding hydrogens is 382 g/mol. The minimum atomic E-state index is -0.379. The van der Waals surface area contributed by atoms with Gasteiger partial charge in [-0.2, -0.15) is 5.10 Å². The Kier molecular flexibility index (Phi) is 7.83. The summed E-state index contributed by atoms with van der Waals surface area (Å²) in [6.07, 6.45) is 1.47. The highest BCUT2D eigenvalue weighted by Gasteiger charge is 2.08. The van der Waals surface area contributed by atoms with Gasteiger partial charge in [-0.25, -0.2) is 5.43 Å². The third-order valence-corrected chi connectivity index (χ3v) is 4.27. The lowest BCUT2D eigenvalue weighted by Gasteiger charge is -2.07. The van der Waals surface area contributed by atoms with E-state index < -0.39 is 0 Å². The number of aryl methyl sites for hydroxylation is 1. The second kappa shape index (κ2) is 10.3. The number of rotatable bonds is 8. The number of benzene rings is 2. The van der Waals surface area contributed by atoms with Gasteiger partial charge in [-0.3, -0.25) is 9.59 Å². The molecule has 0 saturated carbocycles. The van der Waals surface area contributed by atoms with Gasteiger partial charge in [-0.15, -0.1) is 0 Å². The van der Waals surface area contributed by atoms with Crippen molar-refractivity contribution in [2.45, 2.75) is 19.8 Å². The van der Waals surface area contributed by atoms with E-state index in [4.69, 9.17) is 21.1 Å². The highest BCUT2D eigenvalue weighted by Crippen LogP contribution is 2.22. The van der Waals surface area contributed by atoms with Crippen LogP contribution in [0, 0.1) is 6.92 Å². The fourth-order valence-corrected chi connectivity index (χ4v) is 2.47. The normalized spacial score (nSPS) is 10.6. The minimum Gasteiger partial charge on any atom is -0.497 e. The van der Waals surface area contributed by atoms with Crippen molar-refractivity contribution in [1.29, 1.82) is 0 Å². The highest BCUT2D eigenvalue weighted by atomic mass is 35.5. The molecule has 7 nitrogen and oxygen atoms in total. The van der Waals surface area contributed by atoms with Gasteiger partial charge in [0.1, 0.15) is 11.5 Å². The minimum absolute atomic E-state index is 0.00197. The molecular formula is C20H22ClN3O4. The molecule has 8 heteroatoms. The molecule has 0 fully saturated rings. The number of halogens is 1. The maximum Gasteiger partial charge on any atom is 0.240 e. The largest absolute Gasteiger partial charge is 0.497 e. The van der Waals surface area contributed by atoms with Crippen LogP contribution in [0.4, 0.5) is 5.69 Å². The van der Waals surface area contributed by atoms with Crippen LogP contribution in [0.2, 0.25) is 5.02 Å². The zero-order chi connectivity index (χ0) is 20.5. The Labute approximate surface area is 168 Å². The Hall–Kier alpha value is -3.06. The second-order valence-electron chi connectivity index (χ2n) is 5.91. The molecule has 0 aromatic heterocycles. The van der Waals surface area contributed by atoms with Crippen LogP contribution in [0.3, 0.4) is 0 Å². The smallest absolute Gasteiger partial charge is 0.240 e. The number of anilines is 1. The molecule has 0 aliphatic carbocycles. The lowest BCUT2D eigenvalue weighted by molar-refractivity contribution is -0.124. The predicted octanol–water partition coefficient (Wildman–Crippen LogP) is 3.53. The number of nitrogens with one attached hydrogen (secondary N) is 2. The summed E-state index contributed by atoms with van der Waals surface area (Å²) in [5.41, 5.74) is 4.55. The Morgan fingerprint density at radius 3 is 2.50 bits per heavy atom. The van der Waals surface area contributed by atoms with Crippen LogP contribution < -0.4 is 20.2 Å². The molecule has 28 heavy (non-hydrogen) atoms. The van der Waals surface area contributed by atoms with Crippen LogP contribution in [0.5, 0.6) is 11.5 Å². The lowest BCUT2D eigenvalue weighted by Crippen LogP contribution is -2.20. The van der Waals surface area contributed by atoms with Gasteiger partial charge >= 0.3 is 0 Å². The summed E-state index contributed by atoms with van der Waals surface area (Å²) in [6, 6.07) is 10.5. The average Bonchev–Trinajstić information content (AvgIpc) is 2.69. The number of carbonyl (C=O) groups excluding carboxylic acids is 2. The SMILES string of the molecule is COc1ccc(OC)c(C=NNC(=O)CCC(=O)Nc2ccc(C)c(Cl)c2)c1. The second-order valence-corrected chi connectivity index (χ2v) is 6.32. The first-order valence-electron chi connectivity index (χ1n) is 8.53. The van der Waals surface area contributed by atoms with E-state index in [-0.39, 0.29) is 24.7 Å². The summed E-state index contributed by atoms with van der Waals surface area (Å²) >= 11 is 6.03. The van der Waals surface area contributed by atoms with E-state index >= 15 is 0 Å². The standard InChI is InChI=1S/C20H22ClN3O4/c1-13-4-5-15(11-17(13)21)23-19(25)8-9-20(26)24-22-12-14-10-16(27-2)6-7-18(14)28-3/h4-7,10-12H,8-9H2,1-3H3,(H,23,25)(H,24,26). The van der Waals surface area contributed by atoms with Crippen LogP contribution in [0.15, 0.2) is 41.5 Å². The zero-order valence-electron chi connectivity index (χ0n) is 15.9. The zero-order valence-corrected chi connectivity index (χ0v) is 16.7. The fraction of sp³-hybridized carbons (Fsp3) is 0.250. The highest BCUT2D eigenvalue weighted by molar-refractivity contribution is 6.31. The van der Waals surface area contributed by atoms with Gasteiger partial charge in [-0.1, -0.05) is 17.7 Å². The van der Waals surface area contributed by atoms with E-state index in [1.807, 2.05) is 13.0 Å². The molecule has 0 atom stereocenters. The van der Waals surface area contributed by atoms with E-state index in [1.165, 1.54) is 13.3 Å². The van der Waals surface area contributed by atoms with Gasteiger partial charge in [-0.05, 0) is 42.8 Å². The molecule has 0 aliphatic heterocycles. The molecule has 0 saturated heterocycles. The van der Waals surface area contributed by atoms with Gasteiger partial charge in [0, 0.05) is 29.1 Å². The van der Waals surface area contributed by atoms with Crippen LogP contribution in [-0.2, 0) is 9.59 Å². The van der Waals surface area contributed by atoms with Crippen molar-refractivity contribution in [3.8, 4) is 11.5 Å². The number of amides is 2. The van der Waals surface area contributed by atoms with Gasteiger partial charge in [0.15, 0.2) is 0 Å². The third kappa shape index (κ3) is 6.28. The Bertz CT molecular complexity index is 884. The van der Waals surface area contributed by atoms with E-state index in [1.54, 1.807) is 37.4 Å². The summed E-state index contributed by atoms with van der Waals surface area (Å²) in [5, 5.41) is 7.17. The number of nitrogens with zero attached hydrogens (tertiary/aromatic N) is 1. The van der Waals surface area contributed by atoms with E-state index in [2.05, 4.69) is 15.8 Å². The third-order valence-electron chi connectivity index (χ3n) is 3.86. The van der Waals surface area contributed by atoms with Crippen molar-refractivity contribution in [2.75, 3.05) is 19.5 Å². The monoisotopic (exact) mass is 403 g/mol. The van der Waals surface area contributed by atoms with Crippen LogP contribution >= 0.6 is 11.6 Å². The molecule has 0 spiro atoms. The summed E-state index contributed by atoms with van der Waals surface area (Å²) in [5.74, 6) is 0.570. The maximum absolute atomic E-state index is 12.0. The van der Waals surface area contributed by atoms with Gasteiger partial charge in [0.25, 0.3) is 0 Å². The molecule has 2 N–H and O–H groups in total. The Morgan fingerprint density at radius 2 is 1.82 bits per heavy atom. The Balaban J connectivity index is 1.83. The number of hydrogen-bond acceptors (Lipinski definition) is 5. The molecule has 0 radical (unpaired) electrons. The number of hydrogen-bond donors (Lipinski definition) is 2. The van der Waals surface area contributed by atoms with Crippen molar-refractivity contribution in [3.05, 3.63) is 52.5 Å². The number of ether oxygens (including phenoxy) is 2. The number of methoxy groups -OCH3 is 2. The van der Waals surface area contributed by atoms with Gasteiger partial charge in [0.2, 0.25) is 11.8 Å². The van der Waals surface area contributed by atoms with E-state index in [9.17, 15) is 9.59 Å². The first-order valence-corrected chi connectivity index (χ1v) is 8.90. The number of hydrazone groups is 1. The first kappa shape index (κ1) is 21.2. The fourth-order valence-electron chi connectivity index (χ4n) is 2.29. The predicted molar refractivity (Wildman–Crippen MR) is 109 cm³/mol. The molecule has 2 aromatic carbocycles. The van der Waals surface area contributed by atoms with Crippen molar-refractivity contribution >= 4 is 35.3 Å². The van der Waals surface area contributed by atoms with Crippen LogP contribution in [0.1, 0.15) is 24.0 Å². The van der Waals surface area contributed by atoms with Crippen molar-refractivity contribution in [2.24, 2.45) is 5.10 Å². The quantitative estimate of drug-likeness (QED) is 0.521. The van der Waals surface area contributed by atoms with Gasteiger partial charge < -0.3 is 14.8 Å². The molecule has 2 amide bonds. The number of carbonyl (C=O) groups is 2. The summed E-state index contributed by atoms with van der Waals surface area (Å²) in [4.78, 5) is 23.8. The molecule has 2 rings (SSSR count). The maximum atomic E-state index is 12.0. The van der Waals surface area contributed by atoms with Gasteiger partial charge in [0.05, 0.1) is 20.4 Å². The molecule has 0 bridgehead atoms. The van der Waals surface area contributed by atoms with Crippen molar-refractivity contribution in [1.82, 2.24) is 5.43 Å². The summed E-state index contributed by atoms with van der Waals surface area (Å²) < 4.78 is 10.4.